The zero-order valence-electron chi connectivity index (χ0n) is 18.1. The highest BCUT2D eigenvalue weighted by Gasteiger charge is 2.19. The Morgan fingerprint density at radius 2 is 1.53 bits per heavy atom. The lowest BCUT2D eigenvalue weighted by Gasteiger charge is -2.15. The fraction of sp³-hybridized carbons (Fsp3) is 0.167. The first-order valence-electron chi connectivity index (χ1n) is 10.2. The maximum absolute atomic E-state index is 13.1. The van der Waals surface area contributed by atoms with Gasteiger partial charge in [0.25, 0.3) is 10.0 Å². The van der Waals surface area contributed by atoms with Crippen LogP contribution < -0.4 is 14.8 Å². The van der Waals surface area contributed by atoms with Crippen molar-refractivity contribution in [1.29, 1.82) is 0 Å². The highest BCUT2D eigenvalue weighted by Crippen LogP contribution is 2.29. The second-order valence-electron chi connectivity index (χ2n) is 7.36. The van der Waals surface area contributed by atoms with Gasteiger partial charge in [-0.2, -0.15) is 0 Å². The van der Waals surface area contributed by atoms with E-state index in [1.807, 2.05) is 57.2 Å². The summed E-state index contributed by atoms with van der Waals surface area (Å²) < 4.78 is 34.1. The van der Waals surface area contributed by atoms with Crippen LogP contribution >= 0.6 is 0 Å². The van der Waals surface area contributed by atoms with Gasteiger partial charge in [0.2, 0.25) is 0 Å². The molecule has 2 N–H and O–H groups in total. The van der Waals surface area contributed by atoms with Gasteiger partial charge in [0.15, 0.2) is 11.6 Å². The van der Waals surface area contributed by atoms with Crippen molar-refractivity contribution in [2.24, 2.45) is 0 Å². The number of aryl methyl sites for hydroxylation is 2. The zero-order chi connectivity index (χ0) is 22.7. The van der Waals surface area contributed by atoms with Crippen molar-refractivity contribution in [2.45, 2.75) is 25.7 Å². The Labute approximate surface area is 187 Å². The van der Waals surface area contributed by atoms with Crippen LogP contribution in [0.15, 0.2) is 71.6 Å². The average Bonchev–Trinajstić information content (AvgIpc) is 2.76. The van der Waals surface area contributed by atoms with E-state index in [1.54, 1.807) is 18.2 Å². The van der Waals surface area contributed by atoms with Crippen molar-refractivity contribution in [2.75, 3.05) is 16.6 Å². The van der Waals surface area contributed by atoms with Gasteiger partial charge >= 0.3 is 0 Å². The molecule has 3 aromatic carbocycles. The first kappa shape index (κ1) is 21.6. The van der Waals surface area contributed by atoms with E-state index >= 15 is 0 Å². The highest BCUT2D eigenvalue weighted by molar-refractivity contribution is 7.92. The van der Waals surface area contributed by atoms with E-state index in [0.29, 0.717) is 29.2 Å². The van der Waals surface area contributed by atoms with Crippen LogP contribution in [0.5, 0.6) is 5.75 Å². The number of ether oxygens (including phenoxy) is 1. The summed E-state index contributed by atoms with van der Waals surface area (Å²) in [5, 5.41) is 3.24. The minimum atomic E-state index is -3.89. The molecule has 0 atom stereocenters. The van der Waals surface area contributed by atoms with Gasteiger partial charge in [0.05, 0.1) is 22.5 Å². The molecule has 0 unspecified atom stereocenters. The van der Waals surface area contributed by atoms with Crippen LogP contribution in [0.25, 0.3) is 11.0 Å². The predicted octanol–water partition coefficient (Wildman–Crippen LogP) is 5.19. The maximum Gasteiger partial charge on any atom is 0.263 e. The van der Waals surface area contributed by atoms with E-state index < -0.39 is 10.0 Å². The van der Waals surface area contributed by atoms with Crippen LogP contribution in [-0.2, 0) is 10.0 Å². The number of para-hydroxylation sites is 2. The summed E-state index contributed by atoms with van der Waals surface area (Å²) >= 11 is 0. The summed E-state index contributed by atoms with van der Waals surface area (Å²) in [6, 6.07) is 19.5. The van der Waals surface area contributed by atoms with E-state index in [1.165, 1.54) is 12.1 Å². The molecule has 0 radical (unpaired) electrons. The summed E-state index contributed by atoms with van der Waals surface area (Å²) in [5.41, 5.74) is 4.21. The minimum absolute atomic E-state index is 0.105. The molecule has 8 heteroatoms. The van der Waals surface area contributed by atoms with Crippen molar-refractivity contribution < 1.29 is 13.2 Å². The van der Waals surface area contributed by atoms with Crippen molar-refractivity contribution in [3.05, 3.63) is 77.9 Å². The van der Waals surface area contributed by atoms with E-state index in [4.69, 9.17) is 4.74 Å². The fourth-order valence-corrected chi connectivity index (χ4v) is 4.32. The fourth-order valence-electron chi connectivity index (χ4n) is 3.31. The minimum Gasteiger partial charge on any atom is -0.494 e. The Balaban J connectivity index is 1.73. The van der Waals surface area contributed by atoms with Gasteiger partial charge in [0.1, 0.15) is 5.75 Å². The average molecular weight is 449 g/mol. The number of sulfonamides is 1. The third kappa shape index (κ3) is 4.65. The third-order valence-electron chi connectivity index (χ3n) is 4.88. The molecule has 164 valence electrons. The predicted molar refractivity (Wildman–Crippen MR) is 127 cm³/mol. The van der Waals surface area contributed by atoms with E-state index in [2.05, 4.69) is 20.0 Å². The molecule has 0 saturated heterocycles. The first-order valence-corrected chi connectivity index (χ1v) is 11.7. The molecule has 0 spiro atoms. The number of rotatable bonds is 7. The van der Waals surface area contributed by atoms with Crippen molar-refractivity contribution in [1.82, 2.24) is 9.97 Å². The third-order valence-corrected chi connectivity index (χ3v) is 6.24. The second kappa shape index (κ2) is 8.84. The van der Waals surface area contributed by atoms with E-state index in [9.17, 15) is 8.42 Å². The van der Waals surface area contributed by atoms with Crippen LogP contribution in [0.2, 0.25) is 0 Å². The van der Waals surface area contributed by atoms with Gasteiger partial charge in [-0.05, 0) is 68.8 Å². The molecule has 0 aliphatic heterocycles. The van der Waals surface area contributed by atoms with E-state index in [0.717, 1.165) is 16.8 Å². The molecule has 0 bridgehead atoms. The number of nitrogens with zero attached hydrogens (tertiary/aromatic N) is 2. The lowest BCUT2D eigenvalue weighted by atomic mass is 10.1. The molecule has 0 aliphatic rings. The zero-order valence-corrected chi connectivity index (χ0v) is 18.9. The molecule has 0 aliphatic carbocycles. The van der Waals surface area contributed by atoms with Crippen LogP contribution in [-0.4, -0.2) is 25.0 Å². The van der Waals surface area contributed by atoms with Gasteiger partial charge in [-0.3, -0.25) is 4.72 Å². The summed E-state index contributed by atoms with van der Waals surface area (Å²) in [5.74, 6) is 1.05. The molecule has 1 heterocycles. The molecule has 32 heavy (non-hydrogen) atoms. The summed E-state index contributed by atoms with van der Waals surface area (Å²) in [7, 11) is -3.89. The lowest BCUT2D eigenvalue weighted by molar-refractivity contribution is 0.340. The summed E-state index contributed by atoms with van der Waals surface area (Å²) in [6.45, 7) is 6.37. The Morgan fingerprint density at radius 3 is 2.16 bits per heavy atom. The monoisotopic (exact) mass is 448 g/mol. The Bertz CT molecular complexity index is 1370. The van der Waals surface area contributed by atoms with Gasteiger partial charge in [-0.25, -0.2) is 18.4 Å². The van der Waals surface area contributed by atoms with E-state index in [-0.39, 0.29) is 10.7 Å². The lowest BCUT2D eigenvalue weighted by Crippen LogP contribution is -2.16. The number of fused-ring (bicyclic) bond motifs is 1. The van der Waals surface area contributed by atoms with Crippen molar-refractivity contribution in [3.63, 3.8) is 0 Å². The number of hydrogen-bond acceptors (Lipinski definition) is 6. The van der Waals surface area contributed by atoms with Crippen LogP contribution in [0, 0.1) is 13.8 Å². The molecule has 1 aromatic heterocycles. The van der Waals surface area contributed by atoms with Gasteiger partial charge in [-0.1, -0.05) is 29.8 Å². The molecule has 0 fully saturated rings. The summed E-state index contributed by atoms with van der Waals surface area (Å²) in [6.07, 6.45) is 0. The topological polar surface area (TPSA) is 93.2 Å². The molecular formula is C24H24N4O3S. The maximum atomic E-state index is 13.1. The normalized spacial score (nSPS) is 11.3. The molecule has 0 amide bonds. The van der Waals surface area contributed by atoms with Crippen LogP contribution in [0.3, 0.4) is 0 Å². The number of benzene rings is 3. The Kier molecular flexibility index (Phi) is 5.96. The molecular weight excluding hydrogens is 424 g/mol. The second-order valence-corrected chi connectivity index (χ2v) is 9.05. The number of anilines is 3. The Morgan fingerprint density at radius 1 is 0.875 bits per heavy atom. The van der Waals surface area contributed by atoms with Crippen molar-refractivity contribution in [3.8, 4) is 5.75 Å². The Hall–Kier alpha value is -3.65. The summed E-state index contributed by atoms with van der Waals surface area (Å²) in [4.78, 5) is 9.27. The van der Waals surface area contributed by atoms with Gasteiger partial charge < -0.3 is 10.1 Å². The van der Waals surface area contributed by atoms with Gasteiger partial charge in [-0.15, -0.1) is 0 Å². The molecule has 4 aromatic rings. The molecule has 7 nitrogen and oxygen atoms in total. The van der Waals surface area contributed by atoms with Crippen LogP contribution in [0.4, 0.5) is 17.3 Å². The largest absolute Gasteiger partial charge is 0.494 e. The standard InChI is InChI=1S/C24H24N4O3S/c1-4-31-18-10-12-19(13-11-18)32(29,30)28-24-23(25-20-14-9-16(2)15-17(20)3)26-21-7-5-6-8-22(21)27-24/h5-15H,4H2,1-3H3,(H,25,26)(H,27,28). The van der Waals surface area contributed by atoms with Gasteiger partial charge in [0, 0.05) is 5.69 Å². The smallest absolute Gasteiger partial charge is 0.263 e. The highest BCUT2D eigenvalue weighted by atomic mass is 32.2. The molecule has 4 rings (SSSR count). The number of hydrogen-bond donors (Lipinski definition) is 2. The number of aromatic nitrogens is 2. The SMILES string of the molecule is CCOc1ccc(S(=O)(=O)Nc2nc3ccccc3nc2Nc2ccc(C)cc2C)cc1. The van der Waals surface area contributed by atoms with Crippen LogP contribution in [0.1, 0.15) is 18.1 Å². The number of nitrogens with one attached hydrogen (secondary N) is 2. The quantitative estimate of drug-likeness (QED) is 0.404. The van der Waals surface area contributed by atoms with Crippen molar-refractivity contribution >= 4 is 38.4 Å². The molecule has 0 saturated carbocycles. The first-order chi connectivity index (χ1) is 15.4.